The maximum Gasteiger partial charge on any atom is 0.260 e. The lowest BCUT2D eigenvalue weighted by Crippen LogP contribution is -2.44. The van der Waals surface area contributed by atoms with Crippen molar-refractivity contribution in [3.05, 3.63) is 57.3 Å². The van der Waals surface area contributed by atoms with Crippen molar-refractivity contribution in [3.63, 3.8) is 0 Å². The van der Waals surface area contributed by atoms with Crippen LogP contribution in [0.3, 0.4) is 0 Å². The molecule has 0 radical (unpaired) electrons. The Balaban J connectivity index is 1.43. The number of hydrogen-bond donors (Lipinski definition) is 1. The molecule has 3 rings (SSSR count). The quantitative estimate of drug-likeness (QED) is 0.668. The van der Waals surface area contributed by atoms with Gasteiger partial charge in [-0.3, -0.25) is 14.6 Å². The number of halogens is 3. The number of ether oxygens (including phenoxy) is 1. The van der Waals surface area contributed by atoms with Crippen LogP contribution >= 0.6 is 34.8 Å². The number of carbonyl (C=O) groups excluding carboxylic acids is 2. The highest BCUT2D eigenvalue weighted by atomic mass is 35.5. The number of rotatable bonds is 6. The Hall–Kier alpha value is -2.02. The number of nitrogens with zero attached hydrogens (tertiary/aromatic N) is 2. The van der Waals surface area contributed by atoms with Gasteiger partial charge in [0.05, 0.1) is 15.1 Å². The van der Waals surface area contributed by atoms with E-state index < -0.39 is 0 Å². The molecule has 154 valence electrons. The molecule has 29 heavy (non-hydrogen) atoms. The van der Waals surface area contributed by atoms with E-state index >= 15 is 0 Å². The van der Waals surface area contributed by atoms with Gasteiger partial charge in [-0.25, -0.2) is 0 Å². The number of pyridine rings is 1. The molecular formula is C20H20Cl3N3O3. The third kappa shape index (κ3) is 5.98. The molecule has 2 amide bonds. The largest absolute Gasteiger partial charge is 0.482 e. The molecule has 1 N–H and O–H groups in total. The van der Waals surface area contributed by atoms with Crippen molar-refractivity contribution < 1.29 is 14.3 Å². The Labute approximate surface area is 184 Å². The van der Waals surface area contributed by atoms with Gasteiger partial charge in [0, 0.05) is 44.0 Å². The molecule has 0 saturated carbocycles. The van der Waals surface area contributed by atoms with Crippen LogP contribution in [0.15, 0.2) is 36.7 Å². The molecule has 1 aliphatic rings. The van der Waals surface area contributed by atoms with Gasteiger partial charge in [0.1, 0.15) is 5.75 Å². The molecule has 0 bridgehead atoms. The normalized spacial score (nSPS) is 14.5. The number of nitrogens with one attached hydrogen (secondary N) is 1. The SMILES string of the molecule is O=C(NCc1cccnc1)C1CCN(C(=O)COc2cc(Cl)c(Cl)cc2Cl)CC1. The van der Waals surface area contributed by atoms with Crippen LogP contribution in [0, 0.1) is 5.92 Å². The number of aromatic nitrogens is 1. The van der Waals surface area contributed by atoms with E-state index in [-0.39, 0.29) is 29.4 Å². The smallest absolute Gasteiger partial charge is 0.260 e. The first-order valence-corrected chi connectivity index (χ1v) is 10.3. The molecule has 1 saturated heterocycles. The first-order chi connectivity index (χ1) is 13.9. The Morgan fingerprint density at radius 2 is 1.86 bits per heavy atom. The highest BCUT2D eigenvalue weighted by Crippen LogP contribution is 2.33. The van der Waals surface area contributed by atoms with E-state index in [4.69, 9.17) is 39.5 Å². The summed E-state index contributed by atoms with van der Waals surface area (Å²) in [5.41, 5.74) is 0.951. The molecule has 1 fully saturated rings. The van der Waals surface area contributed by atoms with E-state index in [1.54, 1.807) is 17.3 Å². The van der Waals surface area contributed by atoms with Crippen molar-refractivity contribution in [1.82, 2.24) is 15.2 Å². The van der Waals surface area contributed by atoms with Gasteiger partial charge in [0.2, 0.25) is 5.91 Å². The average Bonchev–Trinajstić information content (AvgIpc) is 2.74. The third-order valence-electron chi connectivity index (χ3n) is 4.73. The molecule has 0 aliphatic carbocycles. The van der Waals surface area contributed by atoms with Crippen molar-refractivity contribution in [1.29, 1.82) is 0 Å². The summed E-state index contributed by atoms with van der Waals surface area (Å²) in [7, 11) is 0. The predicted molar refractivity (Wildman–Crippen MR) is 112 cm³/mol. The summed E-state index contributed by atoms with van der Waals surface area (Å²) in [6, 6.07) is 6.70. The van der Waals surface area contributed by atoms with Crippen LogP contribution in [-0.2, 0) is 16.1 Å². The summed E-state index contributed by atoms with van der Waals surface area (Å²) < 4.78 is 5.50. The van der Waals surface area contributed by atoms with Gasteiger partial charge in [0.15, 0.2) is 6.61 Å². The molecule has 2 heterocycles. The minimum atomic E-state index is -0.165. The van der Waals surface area contributed by atoms with Crippen LogP contribution in [0.1, 0.15) is 18.4 Å². The standard InChI is InChI=1S/C20H20Cl3N3O3/c21-15-8-17(23)18(9-16(15)22)29-12-19(27)26-6-3-14(4-7-26)20(28)25-11-13-2-1-5-24-10-13/h1-2,5,8-10,14H,3-4,6-7,11-12H2,(H,25,28). The van der Waals surface area contributed by atoms with Crippen molar-refractivity contribution >= 4 is 46.6 Å². The maximum absolute atomic E-state index is 12.4. The molecule has 9 heteroatoms. The van der Waals surface area contributed by atoms with Gasteiger partial charge in [-0.1, -0.05) is 40.9 Å². The van der Waals surface area contributed by atoms with Gasteiger partial charge in [-0.05, 0) is 30.5 Å². The first kappa shape index (κ1) is 21.7. The second-order valence-corrected chi connectivity index (χ2v) is 7.94. The molecule has 2 aromatic rings. The Kier molecular flexibility index (Phi) is 7.58. The third-order valence-corrected chi connectivity index (χ3v) is 5.75. The van der Waals surface area contributed by atoms with E-state index in [0.29, 0.717) is 48.3 Å². The molecule has 0 unspecified atom stereocenters. The highest BCUT2D eigenvalue weighted by Gasteiger charge is 2.27. The van der Waals surface area contributed by atoms with Crippen molar-refractivity contribution in [2.75, 3.05) is 19.7 Å². The number of hydrogen-bond acceptors (Lipinski definition) is 4. The summed E-state index contributed by atoms with van der Waals surface area (Å²) in [6.07, 6.45) is 4.63. The number of carbonyl (C=O) groups is 2. The monoisotopic (exact) mass is 455 g/mol. The minimum Gasteiger partial charge on any atom is -0.482 e. The summed E-state index contributed by atoms with van der Waals surface area (Å²) in [4.78, 5) is 30.5. The molecule has 1 aliphatic heterocycles. The second-order valence-electron chi connectivity index (χ2n) is 6.72. The van der Waals surface area contributed by atoms with Crippen LogP contribution in [0.2, 0.25) is 15.1 Å². The number of amides is 2. The van der Waals surface area contributed by atoms with Gasteiger partial charge in [-0.15, -0.1) is 0 Å². The predicted octanol–water partition coefficient (Wildman–Crippen LogP) is 3.98. The van der Waals surface area contributed by atoms with E-state index in [0.717, 1.165) is 5.56 Å². The molecule has 0 atom stereocenters. The molecule has 0 spiro atoms. The fourth-order valence-corrected chi connectivity index (χ4v) is 3.66. The molecule has 6 nitrogen and oxygen atoms in total. The number of benzene rings is 1. The van der Waals surface area contributed by atoms with Crippen LogP contribution in [0.5, 0.6) is 5.75 Å². The molecular weight excluding hydrogens is 437 g/mol. The number of likely N-dealkylation sites (tertiary alicyclic amines) is 1. The minimum absolute atomic E-state index is 0.000194. The summed E-state index contributed by atoms with van der Waals surface area (Å²) >= 11 is 17.9. The fraction of sp³-hybridized carbons (Fsp3) is 0.350. The highest BCUT2D eigenvalue weighted by molar-refractivity contribution is 6.43. The lowest BCUT2D eigenvalue weighted by molar-refractivity contribution is -0.137. The van der Waals surface area contributed by atoms with Crippen molar-refractivity contribution in [2.45, 2.75) is 19.4 Å². The van der Waals surface area contributed by atoms with E-state index in [2.05, 4.69) is 10.3 Å². The fourth-order valence-electron chi connectivity index (χ4n) is 3.07. The lowest BCUT2D eigenvalue weighted by atomic mass is 9.96. The van der Waals surface area contributed by atoms with Gasteiger partial charge >= 0.3 is 0 Å². The maximum atomic E-state index is 12.4. The Morgan fingerprint density at radius 3 is 2.55 bits per heavy atom. The van der Waals surface area contributed by atoms with Crippen LogP contribution in [-0.4, -0.2) is 41.4 Å². The number of piperidine rings is 1. The Morgan fingerprint density at radius 1 is 1.14 bits per heavy atom. The van der Waals surface area contributed by atoms with Gasteiger partial charge in [0.25, 0.3) is 5.91 Å². The lowest BCUT2D eigenvalue weighted by Gasteiger charge is -2.31. The Bertz CT molecular complexity index is 872. The topological polar surface area (TPSA) is 71.5 Å². The van der Waals surface area contributed by atoms with Crippen molar-refractivity contribution in [2.24, 2.45) is 5.92 Å². The first-order valence-electron chi connectivity index (χ1n) is 9.16. The zero-order valence-electron chi connectivity index (χ0n) is 15.5. The second kappa shape index (κ2) is 10.1. The summed E-state index contributed by atoms with van der Waals surface area (Å²) in [6.45, 7) is 1.30. The zero-order chi connectivity index (χ0) is 20.8. The molecule has 1 aromatic carbocycles. The molecule has 1 aromatic heterocycles. The van der Waals surface area contributed by atoms with E-state index in [1.165, 1.54) is 12.1 Å². The average molecular weight is 457 g/mol. The van der Waals surface area contributed by atoms with Crippen LogP contribution in [0.25, 0.3) is 0 Å². The summed E-state index contributed by atoms with van der Waals surface area (Å²) in [5, 5.41) is 3.84. The van der Waals surface area contributed by atoms with Crippen LogP contribution in [0.4, 0.5) is 0 Å². The summed E-state index contributed by atoms with van der Waals surface area (Å²) in [5.74, 6) is 0.0291. The van der Waals surface area contributed by atoms with Gasteiger partial charge < -0.3 is 15.0 Å². The van der Waals surface area contributed by atoms with E-state index in [9.17, 15) is 9.59 Å². The van der Waals surface area contributed by atoms with Crippen LogP contribution < -0.4 is 10.1 Å². The van der Waals surface area contributed by atoms with E-state index in [1.807, 2.05) is 12.1 Å². The van der Waals surface area contributed by atoms with Crippen molar-refractivity contribution in [3.8, 4) is 5.75 Å². The zero-order valence-corrected chi connectivity index (χ0v) is 17.8. The van der Waals surface area contributed by atoms with Gasteiger partial charge in [-0.2, -0.15) is 0 Å².